The SMILES string of the molecule is C/C=C1\C(=O)CC2C3CCC4CC(O)CCC4(C)C3CCC12C. The smallest absolute Gasteiger partial charge is 0.159 e. The first-order valence-corrected chi connectivity index (χ1v) is 9.78. The van der Waals surface area contributed by atoms with Gasteiger partial charge in [0.1, 0.15) is 0 Å². The molecule has 0 aromatic rings. The summed E-state index contributed by atoms with van der Waals surface area (Å²) in [5.74, 6) is 3.20. The van der Waals surface area contributed by atoms with Gasteiger partial charge in [-0.15, -0.1) is 0 Å². The van der Waals surface area contributed by atoms with Gasteiger partial charge in [-0.3, -0.25) is 4.79 Å². The summed E-state index contributed by atoms with van der Waals surface area (Å²) in [5, 5.41) is 10.1. The van der Waals surface area contributed by atoms with Crippen LogP contribution in [0.2, 0.25) is 0 Å². The summed E-state index contributed by atoms with van der Waals surface area (Å²) in [5.41, 5.74) is 1.68. The maximum absolute atomic E-state index is 12.6. The Bertz CT molecular complexity index is 550. The lowest BCUT2D eigenvalue weighted by Crippen LogP contribution is -2.53. The van der Waals surface area contributed by atoms with Crippen molar-refractivity contribution in [2.75, 3.05) is 0 Å². The minimum absolute atomic E-state index is 0.0684. The quantitative estimate of drug-likeness (QED) is 0.667. The number of fused-ring (bicyclic) bond motifs is 5. The molecule has 0 spiro atoms. The van der Waals surface area contributed by atoms with Crippen molar-refractivity contribution in [2.45, 2.75) is 78.2 Å². The van der Waals surface area contributed by atoms with Crippen LogP contribution in [0.25, 0.3) is 0 Å². The third-order valence-electron chi connectivity index (χ3n) is 8.64. The number of carbonyl (C=O) groups excluding carboxylic acids is 1. The summed E-state index contributed by atoms with van der Waals surface area (Å²) < 4.78 is 0. The van der Waals surface area contributed by atoms with E-state index in [1.54, 1.807) is 0 Å². The first kappa shape index (κ1) is 15.9. The van der Waals surface area contributed by atoms with Crippen LogP contribution in [0.15, 0.2) is 11.6 Å². The van der Waals surface area contributed by atoms with Crippen molar-refractivity contribution < 1.29 is 9.90 Å². The van der Waals surface area contributed by atoms with Crippen LogP contribution in [-0.4, -0.2) is 17.0 Å². The van der Waals surface area contributed by atoms with Crippen molar-refractivity contribution in [1.29, 1.82) is 0 Å². The summed E-state index contributed by atoms with van der Waals surface area (Å²) in [4.78, 5) is 12.6. The molecule has 4 fully saturated rings. The molecule has 0 saturated heterocycles. The molecule has 0 bridgehead atoms. The van der Waals surface area contributed by atoms with Crippen molar-refractivity contribution in [3.63, 3.8) is 0 Å². The summed E-state index contributed by atoms with van der Waals surface area (Å²) >= 11 is 0. The van der Waals surface area contributed by atoms with E-state index in [0.29, 0.717) is 23.0 Å². The van der Waals surface area contributed by atoms with Gasteiger partial charge in [0.25, 0.3) is 0 Å². The lowest BCUT2D eigenvalue weighted by molar-refractivity contribution is -0.120. The van der Waals surface area contributed by atoms with Crippen LogP contribution >= 0.6 is 0 Å². The molecule has 0 heterocycles. The Balaban J connectivity index is 1.66. The van der Waals surface area contributed by atoms with Crippen LogP contribution in [0.5, 0.6) is 0 Å². The predicted molar refractivity (Wildman–Crippen MR) is 91.9 cm³/mol. The lowest BCUT2D eigenvalue weighted by Gasteiger charge is -2.60. The molecule has 0 aromatic heterocycles. The summed E-state index contributed by atoms with van der Waals surface area (Å²) in [7, 11) is 0. The second kappa shape index (κ2) is 5.18. The van der Waals surface area contributed by atoms with E-state index >= 15 is 0 Å². The largest absolute Gasteiger partial charge is 0.393 e. The van der Waals surface area contributed by atoms with Gasteiger partial charge in [-0.25, -0.2) is 0 Å². The number of hydrogen-bond acceptors (Lipinski definition) is 2. The molecular weight excluding hydrogens is 284 g/mol. The van der Waals surface area contributed by atoms with Crippen molar-refractivity contribution >= 4 is 5.78 Å². The Morgan fingerprint density at radius 2 is 1.87 bits per heavy atom. The van der Waals surface area contributed by atoms with E-state index in [1.165, 1.54) is 32.1 Å². The van der Waals surface area contributed by atoms with Gasteiger partial charge in [-0.05, 0) is 91.9 Å². The summed E-state index contributed by atoms with van der Waals surface area (Å²) in [6, 6.07) is 0. The maximum atomic E-state index is 12.6. The zero-order valence-corrected chi connectivity index (χ0v) is 15.0. The molecule has 4 aliphatic carbocycles. The van der Waals surface area contributed by atoms with Crippen LogP contribution in [0.4, 0.5) is 0 Å². The van der Waals surface area contributed by atoms with Crippen LogP contribution in [-0.2, 0) is 4.79 Å². The molecular formula is C21H32O2. The number of allylic oxidation sites excluding steroid dienone is 2. The number of aliphatic hydroxyl groups excluding tert-OH is 1. The normalized spacial score (nSPS) is 54.5. The van der Waals surface area contributed by atoms with Gasteiger partial charge < -0.3 is 5.11 Å². The standard InChI is InChI=1S/C21H32O2/c1-4-16-19(23)12-18-15-6-5-13-11-14(22)7-9-20(13,2)17(15)8-10-21(16,18)3/h4,13-15,17-18,22H,5-12H2,1-3H3/b16-4+. The van der Waals surface area contributed by atoms with Gasteiger partial charge in [0, 0.05) is 6.42 Å². The molecule has 128 valence electrons. The van der Waals surface area contributed by atoms with Crippen LogP contribution < -0.4 is 0 Å². The van der Waals surface area contributed by atoms with Crippen LogP contribution in [0, 0.1) is 34.5 Å². The van der Waals surface area contributed by atoms with E-state index in [1.807, 2.05) is 6.92 Å². The Morgan fingerprint density at radius 1 is 1.09 bits per heavy atom. The zero-order valence-electron chi connectivity index (χ0n) is 15.0. The topological polar surface area (TPSA) is 37.3 Å². The summed E-state index contributed by atoms with van der Waals surface area (Å²) in [6.07, 6.45) is 11.0. The summed E-state index contributed by atoms with van der Waals surface area (Å²) in [6.45, 7) is 6.93. The van der Waals surface area contributed by atoms with Crippen molar-refractivity contribution in [1.82, 2.24) is 0 Å². The zero-order chi connectivity index (χ0) is 16.4. The highest BCUT2D eigenvalue weighted by molar-refractivity contribution is 5.99. The van der Waals surface area contributed by atoms with Gasteiger partial charge in [-0.2, -0.15) is 0 Å². The van der Waals surface area contributed by atoms with E-state index in [0.717, 1.165) is 36.7 Å². The average Bonchev–Trinajstić information content (AvgIpc) is 2.77. The van der Waals surface area contributed by atoms with Crippen molar-refractivity contribution in [3.8, 4) is 0 Å². The predicted octanol–water partition coefficient (Wildman–Crippen LogP) is 4.52. The lowest BCUT2D eigenvalue weighted by atomic mass is 9.45. The highest BCUT2D eigenvalue weighted by Gasteiger charge is 2.60. The monoisotopic (exact) mass is 316 g/mol. The van der Waals surface area contributed by atoms with Gasteiger partial charge in [-0.1, -0.05) is 19.9 Å². The number of rotatable bonds is 0. The minimum atomic E-state index is -0.0684. The van der Waals surface area contributed by atoms with E-state index in [9.17, 15) is 9.90 Å². The molecule has 0 aromatic carbocycles. The first-order valence-electron chi connectivity index (χ1n) is 9.78. The number of hydrogen-bond donors (Lipinski definition) is 1. The van der Waals surface area contributed by atoms with Crippen molar-refractivity contribution in [2.24, 2.45) is 34.5 Å². The number of carbonyl (C=O) groups is 1. The molecule has 2 heteroatoms. The minimum Gasteiger partial charge on any atom is -0.393 e. The molecule has 4 saturated carbocycles. The number of ketones is 1. The van der Waals surface area contributed by atoms with Gasteiger partial charge >= 0.3 is 0 Å². The van der Waals surface area contributed by atoms with Gasteiger partial charge in [0.05, 0.1) is 6.10 Å². The van der Waals surface area contributed by atoms with Gasteiger partial charge in [0.15, 0.2) is 5.78 Å². The van der Waals surface area contributed by atoms with E-state index in [2.05, 4.69) is 19.9 Å². The first-order chi connectivity index (χ1) is 10.9. The molecule has 4 aliphatic rings. The Labute approximate surface area is 140 Å². The fourth-order valence-corrected chi connectivity index (χ4v) is 7.39. The molecule has 0 aliphatic heterocycles. The van der Waals surface area contributed by atoms with Crippen LogP contribution in [0.3, 0.4) is 0 Å². The van der Waals surface area contributed by atoms with E-state index in [4.69, 9.17) is 0 Å². The molecule has 2 nitrogen and oxygen atoms in total. The second-order valence-electron chi connectivity index (χ2n) is 9.37. The van der Waals surface area contributed by atoms with Crippen molar-refractivity contribution in [3.05, 3.63) is 11.6 Å². The Morgan fingerprint density at radius 3 is 2.61 bits per heavy atom. The van der Waals surface area contributed by atoms with Crippen LogP contribution in [0.1, 0.15) is 72.1 Å². The highest BCUT2D eigenvalue weighted by atomic mass is 16.3. The molecule has 1 N–H and O–H groups in total. The van der Waals surface area contributed by atoms with E-state index in [-0.39, 0.29) is 11.5 Å². The molecule has 0 radical (unpaired) electrons. The highest BCUT2D eigenvalue weighted by Crippen LogP contribution is 2.66. The molecule has 4 rings (SSSR count). The molecule has 23 heavy (non-hydrogen) atoms. The average molecular weight is 316 g/mol. The fourth-order valence-electron chi connectivity index (χ4n) is 7.39. The third-order valence-corrected chi connectivity index (χ3v) is 8.64. The Kier molecular flexibility index (Phi) is 3.58. The molecule has 7 atom stereocenters. The van der Waals surface area contributed by atoms with E-state index < -0.39 is 0 Å². The Hall–Kier alpha value is -0.630. The molecule has 0 amide bonds. The number of Topliss-reactive ketones (excluding diaryl/α,β-unsaturated/α-hetero) is 1. The van der Waals surface area contributed by atoms with Gasteiger partial charge in [0.2, 0.25) is 0 Å². The number of aliphatic hydroxyl groups is 1. The fraction of sp³-hybridized carbons (Fsp3) is 0.857. The second-order valence-corrected chi connectivity index (χ2v) is 9.37. The molecule has 7 unspecified atom stereocenters. The third kappa shape index (κ3) is 2.06. The maximum Gasteiger partial charge on any atom is 0.159 e.